The molecular formula is C19H15BrN6O5. The molecule has 0 atom stereocenters. The normalized spacial score (nSPS) is 11.2. The molecule has 0 radical (unpaired) electrons. The van der Waals surface area contributed by atoms with Gasteiger partial charge in [-0.05, 0) is 46.1 Å². The lowest BCUT2D eigenvalue weighted by atomic mass is 10.1. The van der Waals surface area contributed by atoms with Gasteiger partial charge in [-0.1, -0.05) is 12.1 Å². The van der Waals surface area contributed by atoms with Crippen LogP contribution in [0.25, 0.3) is 0 Å². The van der Waals surface area contributed by atoms with E-state index in [4.69, 9.17) is 0 Å². The number of amides is 1. The van der Waals surface area contributed by atoms with Crippen LogP contribution in [0.5, 0.6) is 0 Å². The minimum Gasteiger partial charge on any atom is -0.266 e. The fourth-order valence-corrected chi connectivity index (χ4v) is 3.11. The largest absolute Gasteiger partial charge is 0.293 e. The van der Waals surface area contributed by atoms with Crippen LogP contribution in [0, 0.1) is 20.2 Å². The highest BCUT2D eigenvalue weighted by molar-refractivity contribution is 9.10. The maximum absolute atomic E-state index is 12.4. The number of hydrazone groups is 1. The molecule has 0 unspecified atom stereocenters. The smallest absolute Gasteiger partial charge is 0.266 e. The van der Waals surface area contributed by atoms with Crippen molar-refractivity contribution in [2.75, 3.05) is 0 Å². The van der Waals surface area contributed by atoms with Gasteiger partial charge in [-0.3, -0.25) is 29.7 Å². The van der Waals surface area contributed by atoms with Crippen LogP contribution < -0.4 is 5.43 Å². The van der Waals surface area contributed by atoms with Gasteiger partial charge in [0.25, 0.3) is 17.3 Å². The van der Waals surface area contributed by atoms with Gasteiger partial charge < -0.3 is 0 Å². The standard InChI is InChI=1S/C19H15BrN6O5/c1-12(14-4-8-16(9-5-14)26(30)31)21-22-19(27)18-17(20)11-24(23-18)10-13-2-6-15(7-3-13)25(28)29/h2-9,11H,10H2,1H3,(H,22,27)/b21-12+. The molecule has 31 heavy (non-hydrogen) atoms. The van der Waals surface area contributed by atoms with Crippen LogP contribution >= 0.6 is 15.9 Å². The quantitative estimate of drug-likeness (QED) is 0.306. The second kappa shape index (κ2) is 9.26. The van der Waals surface area contributed by atoms with Gasteiger partial charge in [-0.2, -0.15) is 10.2 Å². The molecule has 12 heteroatoms. The van der Waals surface area contributed by atoms with Crippen molar-refractivity contribution in [1.29, 1.82) is 0 Å². The molecule has 158 valence electrons. The highest BCUT2D eigenvalue weighted by Gasteiger charge is 2.16. The van der Waals surface area contributed by atoms with Crippen molar-refractivity contribution in [1.82, 2.24) is 15.2 Å². The maximum atomic E-state index is 12.4. The summed E-state index contributed by atoms with van der Waals surface area (Å²) in [7, 11) is 0. The fraction of sp³-hybridized carbons (Fsp3) is 0.105. The summed E-state index contributed by atoms with van der Waals surface area (Å²) in [6.07, 6.45) is 1.61. The van der Waals surface area contributed by atoms with Crippen LogP contribution in [-0.2, 0) is 6.54 Å². The van der Waals surface area contributed by atoms with Crippen LogP contribution in [0.15, 0.2) is 64.3 Å². The van der Waals surface area contributed by atoms with E-state index in [1.165, 1.54) is 41.1 Å². The number of halogens is 1. The van der Waals surface area contributed by atoms with E-state index in [1.54, 1.807) is 25.3 Å². The van der Waals surface area contributed by atoms with Gasteiger partial charge in [0.1, 0.15) is 0 Å². The molecule has 0 aliphatic heterocycles. The Hall–Kier alpha value is -3.93. The lowest BCUT2D eigenvalue weighted by Crippen LogP contribution is -2.20. The molecule has 3 rings (SSSR count). The summed E-state index contributed by atoms with van der Waals surface area (Å²) in [5.41, 5.74) is 4.33. The number of carbonyl (C=O) groups is 1. The molecule has 0 spiro atoms. The van der Waals surface area contributed by atoms with Crippen LogP contribution in [-0.4, -0.2) is 31.2 Å². The summed E-state index contributed by atoms with van der Waals surface area (Å²) in [6.45, 7) is 1.97. The topological polar surface area (TPSA) is 146 Å². The highest BCUT2D eigenvalue weighted by atomic mass is 79.9. The summed E-state index contributed by atoms with van der Waals surface area (Å²) >= 11 is 3.29. The first-order valence-corrected chi connectivity index (χ1v) is 9.59. The Bertz CT molecular complexity index is 1170. The minimum atomic E-state index is -0.546. The Kier molecular flexibility index (Phi) is 6.50. The molecular weight excluding hydrogens is 472 g/mol. The van der Waals surface area contributed by atoms with Gasteiger partial charge in [0.15, 0.2) is 5.69 Å². The zero-order valence-electron chi connectivity index (χ0n) is 16.1. The van der Waals surface area contributed by atoms with Crippen molar-refractivity contribution >= 4 is 38.9 Å². The van der Waals surface area contributed by atoms with Crippen molar-refractivity contribution in [3.8, 4) is 0 Å². The van der Waals surface area contributed by atoms with Crippen molar-refractivity contribution < 1.29 is 14.6 Å². The van der Waals surface area contributed by atoms with E-state index >= 15 is 0 Å². The minimum absolute atomic E-state index is 0.00767. The fourth-order valence-electron chi connectivity index (χ4n) is 2.62. The second-order valence-corrected chi connectivity index (χ2v) is 7.24. The van der Waals surface area contributed by atoms with Crippen LogP contribution in [0.2, 0.25) is 0 Å². The monoisotopic (exact) mass is 486 g/mol. The first-order valence-electron chi connectivity index (χ1n) is 8.80. The lowest BCUT2D eigenvalue weighted by Gasteiger charge is -2.03. The number of nitrogens with one attached hydrogen (secondary N) is 1. The molecule has 3 aromatic rings. The lowest BCUT2D eigenvalue weighted by molar-refractivity contribution is -0.385. The molecule has 0 saturated heterocycles. The molecule has 2 aromatic carbocycles. The zero-order valence-corrected chi connectivity index (χ0v) is 17.6. The number of benzene rings is 2. The molecule has 1 aromatic heterocycles. The average molecular weight is 487 g/mol. The van der Waals surface area contributed by atoms with Crippen LogP contribution in [0.1, 0.15) is 28.5 Å². The second-order valence-electron chi connectivity index (χ2n) is 6.39. The average Bonchev–Trinajstić information content (AvgIpc) is 3.12. The number of aromatic nitrogens is 2. The van der Waals surface area contributed by atoms with Crippen molar-refractivity contribution in [2.24, 2.45) is 5.10 Å². The van der Waals surface area contributed by atoms with Gasteiger partial charge in [0.05, 0.1) is 26.6 Å². The number of nitrogens with zero attached hydrogens (tertiary/aromatic N) is 5. The number of hydrogen-bond acceptors (Lipinski definition) is 7. The Balaban J connectivity index is 1.68. The predicted octanol–water partition coefficient (Wildman–Crippen LogP) is 3.66. The van der Waals surface area contributed by atoms with E-state index in [9.17, 15) is 25.0 Å². The Morgan fingerprint density at radius 2 is 1.61 bits per heavy atom. The SMILES string of the molecule is C/C(=N\NC(=O)c1nn(Cc2ccc([N+](=O)[O-])cc2)cc1Br)c1ccc([N+](=O)[O-])cc1. The molecule has 0 saturated carbocycles. The van der Waals surface area contributed by atoms with E-state index in [1.807, 2.05) is 0 Å². The Morgan fingerprint density at radius 3 is 2.16 bits per heavy atom. The number of non-ortho nitro benzene ring substituents is 2. The third-order valence-electron chi connectivity index (χ3n) is 4.24. The summed E-state index contributed by atoms with van der Waals surface area (Å²) in [5.74, 6) is -0.546. The molecule has 0 aliphatic rings. The summed E-state index contributed by atoms with van der Waals surface area (Å²) in [4.78, 5) is 32.9. The van der Waals surface area contributed by atoms with E-state index < -0.39 is 15.8 Å². The third-order valence-corrected chi connectivity index (χ3v) is 4.83. The van der Waals surface area contributed by atoms with Gasteiger partial charge >= 0.3 is 0 Å². The van der Waals surface area contributed by atoms with Crippen LogP contribution in [0.3, 0.4) is 0 Å². The van der Waals surface area contributed by atoms with E-state index in [0.717, 1.165) is 5.56 Å². The maximum Gasteiger partial charge on any atom is 0.293 e. The Morgan fingerprint density at radius 1 is 1.06 bits per heavy atom. The third kappa shape index (κ3) is 5.36. The first-order chi connectivity index (χ1) is 14.7. The summed E-state index contributed by atoms with van der Waals surface area (Å²) < 4.78 is 1.97. The molecule has 0 aliphatic carbocycles. The number of nitro groups is 2. The molecule has 0 fully saturated rings. The molecule has 1 N–H and O–H groups in total. The summed E-state index contributed by atoms with van der Waals surface area (Å²) in [6, 6.07) is 11.8. The van der Waals surface area contributed by atoms with Gasteiger partial charge in [-0.25, -0.2) is 5.43 Å². The van der Waals surface area contributed by atoms with Crippen LogP contribution in [0.4, 0.5) is 11.4 Å². The first kappa shape index (κ1) is 21.8. The van der Waals surface area contributed by atoms with E-state index in [-0.39, 0.29) is 17.1 Å². The molecule has 11 nitrogen and oxygen atoms in total. The van der Waals surface area contributed by atoms with Gasteiger partial charge in [0, 0.05) is 30.5 Å². The molecule has 1 heterocycles. The zero-order chi connectivity index (χ0) is 22.5. The number of rotatable bonds is 7. The predicted molar refractivity (Wildman–Crippen MR) is 115 cm³/mol. The molecule has 0 bridgehead atoms. The van der Waals surface area contributed by atoms with Gasteiger partial charge in [0.2, 0.25) is 0 Å². The molecule has 1 amide bonds. The highest BCUT2D eigenvalue weighted by Crippen LogP contribution is 2.18. The van der Waals surface area contributed by atoms with E-state index in [2.05, 4.69) is 31.6 Å². The number of carbonyl (C=O) groups excluding carboxylic acids is 1. The van der Waals surface area contributed by atoms with Crippen molar-refractivity contribution in [3.63, 3.8) is 0 Å². The van der Waals surface area contributed by atoms with Gasteiger partial charge in [-0.15, -0.1) is 0 Å². The van der Waals surface area contributed by atoms with E-state index in [0.29, 0.717) is 22.3 Å². The number of hydrogen-bond donors (Lipinski definition) is 1. The van der Waals surface area contributed by atoms with Crippen molar-refractivity contribution in [2.45, 2.75) is 13.5 Å². The Labute approximate surface area is 183 Å². The number of nitro benzene ring substituents is 2. The summed E-state index contributed by atoms with van der Waals surface area (Å²) in [5, 5.41) is 29.7. The van der Waals surface area contributed by atoms with Crippen molar-refractivity contribution in [3.05, 3.63) is 96.2 Å².